The van der Waals surface area contributed by atoms with Crippen LogP contribution in [0.5, 0.6) is 11.5 Å². The number of rotatable bonds is 8. The fourth-order valence-electron chi connectivity index (χ4n) is 5.13. The SMILES string of the molecule is CNc1nccn2ncc(Oc3cnc4nc(Nc5cc(CN6CCC(OC)C6)cc(C(F)(F)F)c5)n(C)c4c3Cl)c12. The average Bonchev–Trinajstić information content (AvgIpc) is 3.67. The van der Waals surface area contributed by atoms with Gasteiger partial charge in [0.1, 0.15) is 10.5 Å². The van der Waals surface area contributed by atoms with Gasteiger partial charge in [-0.05, 0) is 30.2 Å². The van der Waals surface area contributed by atoms with Crippen LogP contribution in [0.15, 0.2) is 43.0 Å². The first-order valence-corrected chi connectivity index (χ1v) is 13.4. The number of hydrogen-bond donors (Lipinski definition) is 2. The molecule has 15 heteroatoms. The van der Waals surface area contributed by atoms with Crippen LogP contribution in [0.4, 0.5) is 30.6 Å². The van der Waals surface area contributed by atoms with Crippen molar-refractivity contribution in [3.8, 4) is 11.5 Å². The zero-order chi connectivity index (χ0) is 29.6. The van der Waals surface area contributed by atoms with E-state index < -0.39 is 11.7 Å². The number of aryl methyl sites for hydroxylation is 1. The van der Waals surface area contributed by atoms with E-state index in [1.807, 2.05) is 0 Å². The number of nitrogens with zero attached hydrogens (tertiary/aromatic N) is 7. The van der Waals surface area contributed by atoms with Crippen molar-refractivity contribution in [3.05, 3.63) is 59.1 Å². The zero-order valence-corrected chi connectivity index (χ0v) is 23.7. The molecule has 1 fully saturated rings. The van der Waals surface area contributed by atoms with Crippen LogP contribution in [0.3, 0.4) is 0 Å². The molecular formula is C27H27ClF3N9O2. The minimum Gasteiger partial charge on any atom is -0.450 e. The summed E-state index contributed by atoms with van der Waals surface area (Å²) >= 11 is 6.76. The van der Waals surface area contributed by atoms with Gasteiger partial charge in [-0.2, -0.15) is 23.3 Å². The summed E-state index contributed by atoms with van der Waals surface area (Å²) in [6, 6.07) is 3.93. The van der Waals surface area contributed by atoms with Crippen molar-refractivity contribution in [1.82, 2.24) is 34.0 Å². The molecule has 1 aromatic carbocycles. The van der Waals surface area contributed by atoms with Crippen LogP contribution in [0.1, 0.15) is 17.5 Å². The number of likely N-dealkylation sites (tertiary alicyclic amines) is 1. The number of aromatic nitrogens is 6. The third-order valence-corrected chi connectivity index (χ3v) is 7.57. The second kappa shape index (κ2) is 10.9. The largest absolute Gasteiger partial charge is 0.450 e. The summed E-state index contributed by atoms with van der Waals surface area (Å²) in [6.45, 7) is 1.78. The predicted octanol–water partition coefficient (Wildman–Crippen LogP) is 5.48. The van der Waals surface area contributed by atoms with Crippen LogP contribution in [-0.4, -0.2) is 67.4 Å². The maximum atomic E-state index is 13.8. The number of halogens is 4. The van der Waals surface area contributed by atoms with Crippen LogP contribution in [0.25, 0.3) is 16.7 Å². The molecule has 0 aliphatic carbocycles. The average molecular weight is 602 g/mol. The summed E-state index contributed by atoms with van der Waals surface area (Å²) in [5.41, 5.74) is 1.36. The molecular weight excluding hydrogens is 575 g/mol. The Balaban J connectivity index is 1.31. The highest BCUT2D eigenvalue weighted by Gasteiger charge is 2.32. The molecule has 0 radical (unpaired) electrons. The molecule has 5 heterocycles. The lowest BCUT2D eigenvalue weighted by molar-refractivity contribution is -0.137. The lowest BCUT2D eigenvalue weighted by Crippen LogP contribution is -2.22. The summed E-state index contributed by atoms with van der Waals surface area (Å²) in [4.78, 5) is 15.2. The highest BCUT2D eigenvalue weighted by molar-refractivity contribution is 6.36. The number of benzene rings is 1. The Hall–Kier alpha value is -4.14. The molecule has 1 aliphatic rings. The Morgan fingerprint density at radius 3 is 2.69 bits per heavy atom. The molecule has 1 unspecified atom stereocenters. The molecule has 1 aliphatic heterocycles. The van der Waals surface area contributed by atoms with E-state index >= 15 is 0 Å². The Morgan fingerprint density at radius 1 is 1.12 bits per heavy atom. The van der Waals surface area contributed by atoms with E-state index in [0.29, 0.717) is 46.9 Å². The summed E-state index contributed by atoms with van der Waals surface area (Å²) in [7, 11) is 5.07. The Labute approximate surface area is 243 Å². The summed E-state index contributed by atoms with van der Waals surface area (Å²) in [6.07, 6.45) is 2.67. The highest BCUT2D eigenvalue weighted by Crippen LogP contribution is 2.38. The molecule has 11 nitrogen and oxygen atoms in total. The van der Waals surface area contributed by atoms with Gasteiger partial charge in [-0.15, -0.1) is 0 Å². The van der Waals surface area contributed by atoms with Gasteiger partial charge in [-0.25, -0.2) is 14.5 Å². The quantitative estimate of drug-likeness (QED) is 0.239. The molecule has 5 aromatic rings. The second-order valence-corrected chi connectivity index (χ2v) is 10.3. The third kappa shape index (κ3) is 5.28. The van der Waals surface area contributed by atoms with Gasteiger partial charge in [0, 0.05) is 58.9 Å². The topological polar surface area (TPSA) is 107 Å². The van der Waals surface area contributed by atoms with E-state index in [4.69, 9.17) is 21.1 Å². The van der Waals surface area contributed by atoms with Gasteiger partial charge in [0.05, 0.1) is 24.1 Å². The number of imidazole rings is 1. The Kier molecular flexibility index (Phi) is 7.29. The number of fused-ring (bicyclic) bond motifs is 2. The van der Waals surface area contributed by atoms with E-state index in [9.17, 15) is 13.2 Å². The van der Waals surface area contributed by atoms with Crippen molar-refractivity contribution < 1.29 is 22.6 Å². The number of nitrogens with one attached hydrogen (secondary N) is 2. The molecule has 0 spiro atoms. The van der Waals surface area contributed by atoms with Crippen LogP contribution >= 0.6 is 11.6 Å². The molecule has 42 heavy (non-hydrogen) atoms. The number of alkyl halides is 3. The van der Waals surface area contributed by atoms with Gasteiger partial charge in [0.25, 0.3) is 0 Å². The summed E-state index contributed by atoms with van der Waals surface area (Å²) in [5, 5.41) is 10.5. The summed E-state index contributed by atoms with van der Waals surface area (Å²) < 4.78 is 56.2. The maximum absolute atomic E-state index is 13.8. The number of ether oxygens (including phenoxy) is 2. The van der Waals surface area contributed by atoms with Crippen molar-refractivity contribution in [1.29, 1.82) is 0 Å². The van der Waals surface area contributed by atoms with Crippen LogP contribution in [-0.2, 0) is 24.5 Å². The second-order valence-electron chi connectivity index (χ2n) is 9.96. The molecule has 0 saturated carbocycles. The molecule has 1 saturated heterocycles. The molecule has 2 N–H and O–H groups in total. The fraction of sp³-hybridized carbons (Fsp3) is 0.333. The first-order valence-electron chi connectivity index (χ1n) is 13.1. The van der Waals surface area contributed by atoms with Crippen molar-refractivity contribution in [2.75, 3.05) is 37.9 Å². The van der Waals surface area contributed by atoms with Crippen molar-refractivity contribution in [2.45, 2.75) is 25.2 Å². The first-order chi connectivity index (χ1) is 20.1. The van der Waals surface area contributed by atoms with E-state index in [2.05, 4.69) is 35.6 Å². The molecule has 1 atom stereocenters. The predicted molar refractivity (Wildman–Crippen MR) is 152 cm³/mol. The summed E-state index contributed by atoms with van der Waals surface area (Å²) in [5.74, 6) is 1.48. The lowest BCUT2D eigenvalue weighted by atomic mass is 10.1. The van der Waals surface area contributed by atoms with Crippen molar-refractivity contribution >= 4 is 45.7 Å². The van der Waals surface area contributed by atoms with Crippen LogP contribution in [0.2, 0.25) is 5.02 Å². The Bertz CT molecular complexity index is 1770. The maximum Gasteiger partial charge on any atom is 0.416 e. The standard InChI is InChI=1S/C27H27ClF3N9O2/c1-32-24-22-20(12-35-40(22)7-5-33-24)42-19-11-34-25-23(21(19)28)38(2)26(37-25)36-17-9-15(8-16(10-17)27(29,30)31)13-39-6-4-18(14-39)41-3/h5,7-12,18H,4,6,13-14H2,1-3H3,(H,32,33)(H,34,36,37). The Morgan fingerprint density at radius 2 is 1.95 bits per heavy atom. The number of anilines is 3. The number of methoxy groups -OCH3 is 1. The monoisotopic (exact) mass is 601 g/mol. The van der Waals surface area contributed by atoms with Crippen molar-refractivity contribution in [2.24, 2.45) is 7.05 Å². The minimum absolute atomic E-state index is 0.0781. The van der Waals surface area contributed by atoms with Crippen LogP contribution < -0.4 is 15.4 Å². The van der Waals surface area contributed by atoms with Gasteiger partial charge in [-0.1, -0.05) is 11.6 Å². The first kappa shape index (κ1) is 28.0. The molecule has 4 aromatic heterocycles. The van der Waals surface area contributed by atoms with E-state index in [-0.39, 0.29) is 28.5 Å². The van der Waals surface area contributed by atoms with E-state index in [1.165, 1.54) is 18.5 Å². The van der Waals surface area contributed by atoms with E-state index in [1.54, 1.807) is 48.7 Å². The van der Waals surface area contributed by atoms with E-state index in [0.717, 1.165) is 19.0 Å². The number of hydrogen-bond acceptors (Lipinski definition) is 9. The number of pyridine rings is 1. The molecule has 220 valence electrons. The lowest BCUT2D eigenvalue weighted by Gasteiger charge is -2.18. The van der Waals surface area contributed by atoms with Gasteiger partial charge in [0.2, 0.25) is 5.95 Å². The molecule has 6 rings (SSSR count). The van der Waals surface area contributed by atoms with Crippen LogP contribution in [0, 0.1) is 0 Å². The fourth-order valence-corrected chi connectivity index (χ4v) is 5.43. The zero-order valence-electron chi connectivity index (χ0n) is 22.9. The third-order valence-electron chi connectivity index (χ3n) is 7.20. The molecule has 0 amide bonds. The van der Waals surface area contributed by atoms with Gasteiger partial charge < -0.3 is 24.7 Å². The highest BCUT2D eigenvalue weighted by atomic mass is 35.5. The van der Waals surface area contributed by atoms with Gasteiger partial charge in [0.15, 0.2) is 28.5 Å². The van der Waals surface area contributed by atoms with Crippen molar-refractivity contribution in [3.63, 3.8) is 0 Å². The minimum atomic E-state index is -4.52. The smallest absolute Gasteiger partial charge is 0.416 e. The van der Waals surface area contributed by atoms with Gasteiger partial charge in [-0.3, -0.25) is 4.90 Å². The normalized spacial score (nSPS) is 16.0. The molecule has 0 bridgehead atoms. The van der Waals surface area contributed by atoms with Gasteiger partial charge >= 0.3 is 6.18 Å².